The molecule has 0 N–H and O–H groups in total. The van der Waals surface area contributed by atoms with Crippen molar-refractivity contribution in [3.05, 3.63) is 46.6 Å². The van der Waals surface area contributed by atoms with Gasteiger partial charge in [0, 0.05) is 16.9 Å². The number of furan rings is 1. The average molecular weight is 303 g/mol. The SMILES string of the molecule is Cc1c(Cl)nc(C2CC2)nc1-c1cc2cc(F)ccc2o1. The summed E-state index contributed by atoms with van der Waals surface area (Å²) in [5.74, 6) is 1.49. The van der Waals surface area contributed by atoms with E-state index in [1.165, 1.54) is 12.1 Å². The molecule has 1 saturated carbocycles. The van der Waals surface area contributed by atoms with Crippen molar-refractivity contribution in [2.24, 2.45) is 0 Å². The van der Waals surface area contributed by atoms with Gasteiger partial charge in [-0.25, -0.2) is 14.4 Å². The largest absolute Gasteiger partial charge is 0.454 e. The molecule has 5 heteroatoms. The summed E-state index contributed by atoms with van der Waals surface area (Å²) in [6.45, 7) is 1.86. The number of nitrogens with zero attached hydrogens (tertiary/aromatic N) is 2. The van der Waals surface area contributed by atoms with Crippen molar-refractivity contribution in [3.8, 4) is 11.5 Å². The summed E-state index contributed by atoms with van der Waals surface area (Å²) < 4.78 is 19.1. The molecule has 4 rings (SSSR count). The van der Waals surface area contributed by atoms with Gasteiger partial charge in [-0.2, -0.15) is 0 Å². The first-order valence-electron chi connectivity index (χ1n) is 6.85. The van der Waals surface area contributed by atoms with E-state index in [0.29, 0.717) is 33.5 Å². The zero-order valence-electron chi connectivity index (χ0n) is 11.4. The number of halogens is 2. The highest BCUT2D eigenvalue weighted by molar-refractivity contribution is 6.30. The molecule has 0 spiro atoms. The maximum Gasteiger partial charge on any atom is 0.154 e. The van der Waals surface area contributed by atoms with Crippen molar-refractivity contribution in [2.45, 2.75) is 25.7 Å². The molecule has 0 saturated heterocycles. The number of hydrogen-bond acceptors (Lipinski definition) is 3. The van der Waals surface area contributed by atoms with Crippen LogP contribution >= 0.6 is 11.6 Å². The van der Waals surface area contributed by atoms with Crippen LogP contribution in [0.3, 0.4) is 0 Å². The van der Waals surface area contributed by atoms with Crippen molar-refractivity contribution >= 4 is 22.6 Å². The van der Waals surface area contributed by atoms with Crippen LogP contribution in [-0.2, 0) is 0 Å². The Morgan fingerprint density at radius 1 is 1.24 bits per heavy atom. The lowest BCUT2D eigenvalue weighted by atomic mass is 10.2. The van der Waals surface area contributed by atoms with Gasteiger partial charge in [-0.05, 0) is 44.0 Å². The predicted molar refractivity (Wildman–Crippen MR) is 78.9 cm³/mol. The van der Waals surface area contributed by atoms with Gasteiger partial charge in [0.25, 0.3) is 0 Å². The Hall–Kier alpha value is -1.94. The molecule has 1 aromatic carbocycles. The van der Waals surface area contributed by atoms with Crippen LogP contribution in [0, 0.1) is 12.7 Å². The Labute approximate surface area is 125 Å². The Bertz CT molecular complexity index is 855. The summed E-state index contributed by atoms with van der Waals surface area (Å²) in [6.07, 6.45) is 2.20. The molecule has 0 bridgehead atoms. The van der Waals surface area contributed by atoms with Crippen LogP contribution in [0.1, 0.15) is 30.1 Å². The predicted octanol–water partition coefficient (Wildman–Crippen LogP) is 4.87. The van der Waals surface area contributed by atoms with E-state index in [-0.39, 0.29) is 5.82 Å². The van der Waals surface area contributed by atoms with E-state index < -0.39 is 0 Å². The van der Waals surface area contributed by atoms with Crippen LogP contribution in [-0.4, -0.2) is 9.97 Å². The highest BCUT2D eigenvalue weighted by atomic mass is 35.5. The van der Waals surface area contributed by atoms with Crippen molar-refractivity contribution in [2.75, 3.05) is 0 Å². The van der Waals surface area contributed by atoms with Crippen LogP contribution in [0.15, 0.2) is 28.7 Å². The Morgan fingerprint density at radius 3 is 2.81 bits per heavy atom. The summed E-state index contributed by atoms with van der Waals surface area (Å²) in [5, 5.41) is 1.17. The lowest BCUT2D eigenvalue weighted by molar-refractivity contribution is 0.617. The first-order valence-corrected chi connectivity index (χ1v) is 7.23. The third-order valence-corrected chi connectivity index (χ3v) is 4.13. The normalized spacial score (nSPS) is 14.8. The van der Waals surface area contributed by atoms with Gasteiger partial charge < -0.3 is 4.42 Å². The molecule has 0 radical (unpaired) electrons. The Kier molecular flexibility index (Phi) is 2.76. The molecular weight excluding hydrogens is 291 g/mol. The molecule has 0 unspecified atom stereocenters. The molecule has 2 heterocycles. The molecule has 1 aliphatic rings. The number of benzene rings is 1. The van der Waals surface area contributed by atoms with Gasteiger partial charge in [-0.1, -0.05) is 11.6 Å². The van der Waals surface area contributed by atoms with Crippen molar-refractivity contribution < 1.29 is 8.81 Å². The van der Waals surface area contributed by atoms with Gasteiger partial charge in [0.2, 0.25) is 0 Å². The molecule has 0 aliphatic heterocycles. The number of aromatic nitrogens is 2. The second-order valence-electron chi connectivity index (χ2n) is 5.41. The fourth-order valence-electron chi connectivity index (χ4n) is 2.40. The molecule has 1 aliphatic carbocycles. The molecule has 3 aromatic rings. The van der Waals surface area contributed by atoms with Gasteiger partial charge in [-0.15, -0.1) is 0 Å². The van der Waals surface area contributed by atoms with Crippen LogP contribution < -0.4 is 0 Å². The van der Waals surface area contributed by atoms with Gasteiger partial charge >= 0.3 is 0 Å². The monoisotopic (exact) mass is 302 g/mol. The van der Waals surface area contributed by atoms with Gasteiger partial charge in [0.05, 0.1) is 0 Å². The summed E-state index contributed by atoms with van der Waals surface area (Å²) >= 11 is 6.21. The van der Waals surface area contributed by atoms with Crippen LogP contribution in [0.4, 0.5) is 4.39 Å². The number of rotatable bonds is 2. The zero-order valence-corrected chi connectivity index (χ0v) is 12.1. The van der Waals surface area contributed by atoms with E-state index in [0.717, 1.165) is 24.2 Å². The highest BCUT2D eigenvalue weighted by Gasteiger charge is 2.28. The van der Waals surface area contributed by atoms with Crippen molar-refractivity contribution in [1.82, 2.24) is 9.97 Å². The number of fused-ring (bicyclic) bond motifs is 1. The minimum absolute atomic E-state index is 0.286. The molecule has 2 aromatic heterocycles. The van der Waals surface area contributed by atoms with E-state index in [9.17, 15) is 4.39 Å². The quantitative estimate of drug-likeness (QED) is 0.634. The highest BCUT2D eigenvalue weighted by Crippen LogP contribution is 2.40. The molecule has 106 valence electrons. The van der Waals surface area contributed by atoms with E-state index in [2.05, 4.69) is 9.97 Å². The molecule has 3 nitrogen and oxygen atoms in total. The summed E-state index contributed by atoms with van der Waals surface area (Å²) in [6, 6.07) is 6.24. The van der Waals surface area contributed by atoms with E-state index in [4.69, 9.17) is 16.0 Å². The van der Waals surface area contributed by atoms with Crippen LogP contribution in [0.5, 0.6) is 0 Å². The third-order valence-electron chi connectivity index (χ3n) is 3.76. The maximum absolute atomic E-state index is 13.3. The molecular formula is C16H12ClFN2O. The fourth-order valence-corrected chi connectivity index (χ4v) is 2.58. The topological polar surface area (TPSA) is 38.9 Å². The van der Waals surface area contributed by atoms with E-state index >= 15 is 0 Å². The summed E-state index contributed by atoms with van der Waals surface area (Å²) in [7, 11) is 0. The maximum atomic E-state index is 13.3. The standard InChI is InChI=1S/C16H12ClFN2O/c1-8-14(19-16(9-2-3-9)20-15(8)17)13-7-10-6-11(18)4-5-12(10)21-13/h4-7,9H,2-3H2,1H3. The molecule has 1 fully saturated rings. The second-order valence-corrected chi connectivity index (χ2v) is 5.77. The van der Waals surface area contributed by atoms with Crippen molar-refractivity contribution in [3.63, 3.8) is 0 Å². The Balaban J connectivity index is 1.90. The van der Waals surface area contributed by atoms with Crippen molar-refractivity contribution in [1.29, 1.82) is 0 Å². The molecule has 21 heavy (non-hydrogen) atoms. The van der Waals surface area contributed by atoms with Crippen LogP contribution in [0.25, 0.3) is 22.4 Å². The smallest absolute Gasteiger partial charge is 0.154 e. The van der Waals surface area contributed by atoms with Crippen LogP contribution in [0.2, 0.25) is 5.15 Å². The minimum Gasteiger partial charge on any atom is -0.454 e. The summed E-state index contributed by atoms with van der Waals surface area (Å²) in [4.78, 5) is 8.94. The Morgan fingerprint density at radius 2 is 2.05 bits per heavy atom. The summed E-state index contributed by atoms with van der Waals surface area (Å²) in [5.41, 5.74) is 2.10. The van der Waals surface area contributed by atoms with E-state index in [1.54, 1.807) is 12.1 Å². The number of hydrogen-bond donors (Lipinski definition) is 0. The first kappa shape index (κ1) is 12.8. The van der Waals surface area contributed by atoms with Gasteiger partial charge in [0.1, 0.15) is 28.1 Å². The second kappa shape index (κ2) is 4.53. The minimum atomic E-state index is -0.286. The van der Waals surface area contributed by atoms with Gasteiger partial charge in [-0.3, -0.25) is 0 Å². The molecule has 0 amide bonds. The lowest BCUT2D eigenvalue weighted by Crippen LogP contribution is -1.98. The first-order chi connectivity index (χ1) is 10.1. The fraction of sp³-hybridized carbons (Fsp3) is 0.250. The molecule has 0 atom stereocenters. The van der Waals surface area contributed by atoms with Gasteiger partial charge in [0.15, 0.2) is 5.76 Å². The zero-order chi connectivity index (χ0) is 14.6. The van der Waals surface area contributed by atoms with E-state index in [1.807, 2.05) is 6.92 Å². The lowest BCUT2D eigenvalue weighted by Gasteiger charge is -2.06. The average Bonchev–Trinajstić information content (AvgIpc) is 3.22. The third kappa shape index (κ3) is 2.20.